The van der Waals surface area contributed by atoms with Gasteiger partial charge in [0.2, 0.25) is 0 Å². The number of nitrogens with one attached hydrogen (secondary N) is 1. The Morgan fingerprint density at radius 1 is 1.37 bits per heavy atom. The molecule has 0 aromatic carbocycles. The average molecular weight is 315 g/mol. The largest absolute Gasteiger partial charge is 0.306 e. The molecule has 0 fully saturated rings. The smallest absolute Gasteiger partial charge is 0.0995 e. The van der Waals surface area contributed by atoms with Crippen molar-refractivity contribution in [2.24, 2.45) is 0 Å². The summed E-state index contributed by atoms with van der Waals surface area (Å²) in [5, 5.41) is 3.52. The molecule has 0 aliphatic heterocycles. The Balaban J connectivity index is 2.41. The third-order valence-corrected chi connectivity index (χ3v) is 4.50. The van der Waals surface area contributed by atoms with E-state index >= 15 is 0 Å². The number of pyridine rings is 1. The normalized spacial score (nSPS) is 12.6. The first-order chi connectivity index (χ1) is 9.13. The Hall–Kier alpha value is -0.610. The fraction of sp³-hybridized carbons (Fsp3) is 0.357. The highest BCUT2D eigenvalue weighted by atomic mass is 35.5. The topological polar surface area (TPSA) is 24.9 Å². The van der Waals surface area contributed by atoms with Crippen molar-refractivity contribution in [1.82, 2.24) is 10.3 Å². The Morgan fingerprint density at radius 2 is 2.16 bits per heavy atom. The Labute approximate surface area is 127 Å². The van der Waals surface area contributed by atoms with E-state index in [0.29, 0.717) is 4.34 Å². The van der Waals surface area contributed by atoms with Gasteiger partial charge in [-0.2, -0.15) is 0 Å². The lowest BCUT2D eigenvalue weighted by Crippen LogP contribution is -2.23. The van der Waals surface area contributed by atoms with Crippen LogP contribution in [-0.2, 0) is 0 Å². The van der Waals surface area contributed by atoms with Crippen molar-refractivity contribution in [3.8, 4) is 0 Å². The van der Waals surface area contributed by atoms with E-state index in [-0.39, 0.29) is 6.04 Å². The SMILES string of the molecule is CCCNC(c1cnccc1C)c1cc(Cl)sc1Cl. The van der Waals surface area contributed by atoms with Crippen LogP contribution in [0.2, 0.25) is 8.67 Å². The summed E-state index contributed by atoms with van der Waals surface area (Å²) in [4.78, 5) is 4.22. The highest BCUT2D eigenvalue weighted by Crippen LogP contribution is 2.37. The van der Waals surface area contributed by atoms with Gasteiger partial charge in [0, 0.05) is 18.0 Å². The zero-order valence-electron chi connectivity index (χ0n) is 10.9. The van der Waals surface area contributed by atoms with Crippen molar-refractivity contribution < 1.29 is 0 Å². The van der Waals surface area contributed by atoms with E-state index < -0.39 is 0 Å². The highest BCUT2D eigenvalue weighted by molar-refractivity contribution is 7.20. The van der Waals surface area contributed by atoms with Gasteiger partial charge in [0.1, 0.15) is 0 Å². The van der Waals surface area contributed by atoms with Crippen molar-refractivity contribution in [3.05, 3.63) is 49.9 Å². The van der Waals surface area contributed by atoms with Gasteiger partial charge in [0.05, 0.1) is 14.7 Å². The summed E-state index contributed by atoms with van der Waals surface area (Å²) in [6.45, 7) is 5.14. The second-order valence-electron chi connectivity index (χ2n) is 4.40. The molecule has 2 nitrogen and oxygen atoms in total. The Morgan fingerprint density at radius 3 is 2.74 bits per heavy atom. The van der Waals surface area contributed by atoms with E-state index in [2.05, 4.69) is 24.1 Å². The fourth-order valence-corrected chi connectivity index (χ4v) is 3.54. The number of thiophene rings is 1. The summed E-state index contributed by atoms with van der Waals surface area (Å²) in [6.07, 6.45) is 4.76. The van der Waals surface area contributed by atoms with Crippen LogP contribution in [0.25, 0.3) is 0 Å². The molecule has 0 amide bonds. The third-order valence-electron chi connectivity index (χ3n) is 2.98. The predicted octanol–water partition coefficient (Wildman–Crippen LogP) is 4.85. The molecule has 0 saturated heterocycles. The predicted molar refractivity (Wildman–Crippen MR) is 83.4 cm³/mol. The second-order valence-corrected chi connectivity index (χ2v) is 6.68. The first-order valence-electron chi connectivity index (χ1n) is 6.22. The lowest BCUT2D eigenvalue weighted by atomic mass is 9.99. The first kappa shape index (κ1) is 14.8. The Bertz CT molecular complexity index is 554. The lowest BCUT2D eigenvalue weighted by molar-refractivity contribution is 0.596. The van der Waals surface area contributed by atoms with Crippen LogP contribution >= 0.6 is 34.5 Å². The van der Waals surface area contributed by atoms with E-state index in [1.807, 2.05) is 18.3 Å². The molecule has 1 unspecified atom stereocenters. The van der Waals surface area contributed by atoms with E-state index in [1.54, 1.807) is 6.20 Å². The average Bonchev–Trinajstić information content (AvgIpc) is 2.71. The maximum Gasteiger partial charge on any atom is 0.0995 e. The molecule has 1 atom stereocenters. The summed E-state index contributed by atoms with van der Waals surface area (Å²) in [5.41, 5.74) is 3.37. The van der Waals surface area contributed by atoms with Crippen LogP contribution in [0, 0.1) is 6.92 Å². The summed E-state index contributed by atoms with van der Waals surface area (Å²) >= 11 is 13.8. The van der Waals surface area contributed by atoms with Crippen molar-refractivity contribution in [1.29, 1.82) is 0 Å². The zero-order valence-corrected chi connectivity index (χ0v) is 13.2. The molecule has 2 heterocycles. The van der Waals surface area contributed by atoms with Gasteiger partial charge in [0.25, 0.3) is 0 Å². The van der Waals surface area contributed by atoms with Crippen LogP contribution in [0.3, 0.4) is 0 Å². The third kappa shape index (κ3) is 3.48. The second kappa shape index (κ2) is 6.71. The molecule has 5 heteroatoms. The van der Waals surface area contributed by atoms with Crippen molar-refractivity contribution in [2.75, 3.05) is 6.54 Å². The summed E-state index contributed by atoms with van der Waals surface area (Å²) in [6, 6.07) is 4.00. The van der Waals surface area contributed by atoms with Gasteiger partial charge < -0.3 is 5.32 Å². The quantitative estimate of drug-likeness (QED) is 0.853. The molecule has 19 heavy (non-hydrogen) atoms. The fourth-order valence-electron chi connectivity index (χ4n) is 2.00. The van der Waals surface area contributed by atoms with E-state index in [4.69, 9.17) is 23.2 Å². The molecule has 0 aliphatic carbocycles. The van der Waals surface area contributed by atoms with Gasteiger partial charge in [-0.05, 0) is 43.1 Å². The van der Waals surface area contributed by atoms with Crippen LogP contribution < -0.4 is 5.32 Å². The van der Waals surface area contributed by atoms with E-state index in [9.17, 15) is 0 Å². The monoisotopic (exact) mass is 314 g/mol. The Kier molecular flexibility index (Phi) is 5.22. The number of aromatic nitrogens is 1. The molecule has 1 N–H and O–H groups in total. The standard InChI is InChI=1S/C14H16Cl2N2S/c1-3-5-18-13(10-7-12(15)19-14(10)16)11-8-17-6-4-9(11)2/h4,6-8,13,18H,3,5H2,1-2H3. The maximum absolute atomic E-state index is 6.29. The number of rotatable bonds is 5. The van der Waals surface area contributed by atoms with Crippen LogP contribution in [-0.4, -0.2) is 11.5 Å². The molecule has 102 valence electrons. The summed E-state index contributed by atoms with van der Waals surface area (Å²) in [7, 11) is 0. The van der Waals surface area contributed by atoms with Crippen LogP contribution in [0.4, 0.5) is 0 Å². The zero-order chi connectivity index (χ0) is 13.8. The molecule has 0 spiro atoms. The highest BCUT2D eigenvalue weighted by Gasteiger charge is 2.20. The number of nitrogens with zero attached hydrogens (tertiary/aromatic N) is 1. The molecular weight excluding hydrogens is 299 g/mol. The van der Waals surface area contributed by atoms with Gasteiger partial charge in [0.15, 0.2) is 0 Å². The number of hydrogen-bond donors (Lipinski definition) is 1. The number of hydrogen-bond acceptors (Lipinski definition) is 3. The minimum absolute atomic E-state index is 0.0462. The van der Waals surface area contributed by atoms with Gasteiger partial charge in [-0.3, -0.25) is 4.98 Å². The molecule has 0 radical (unpaired) electrons. The first-order valence-corrected chi connectivity index (χ1v) is 7.79. The van der Waals surface area contributed by atoms with Gasteiger partial charge in [-0.25, -0.2) is 0 Å². The molecule has 0 bridgehead atoms. The molecule has 0 aliphatic rings. The molecule has 0 saturated carbocycles. The van der Waals surface area contributed by atoms with Gasteiger partial charge in [-0.1, -0.05) is 30.1 Å². The minimum Gasteiger partial charge on any atom is -0.306 e. The molecule has 2 rings (SSSR count). The van der Waals surface area contributed by atoms with Gasteiger partial charge >= 0.3 is 0 Å². The van der Waals surface area contributed by atoms with Gasteiger partial charge in [-0.15, -0.1) is 11.3 Å². The van der Waals surface area contributed by atoms with Crippen molar-refractivity contribution in [3.63, 3.8) is 0 Å². The summed E-state index contributed by atoms with van der Waals surface area (Å²) in [5.74, 6) is 0. The van der Waals surface area contributed by atoms with Crippen LogP contribution in [0.5, 0.6) is 0 Å². The number of halogens is 2. The molecule has 2 aromatic heterocycles. The molecule has 2 aromatic rings. The van der Waals surface area contributed by atoms with Crippen molar-refractivity contribution in [2.45, 2.75) is 26.3 Å². The van der Waals surface area contributed by atoms with Crippen LogP contribution in [0.1, 0.15) is 36.1 Å². The van der Waals surface area contributed by atoms with Crippen LogP contribution in [0.15, 0.2) is 24.5 Å². The summed E-state index contributed by atoms with van der Waals surface area (Å²) < 4.78 is 1.45. The van der Waals surface area contributed by atoms with Crippen molar-refractivity contribution >= 4 is 34.5 Å². The van der Waals surface area contributed by atoms with E-state index in [0.717, 1.165) is 28.4 Å². The minimum atomic E-state index is 0.0462. The lowest BCUT2D eigenvalue weighted by Gasteiger charge is -2.20. The molecular formula is C14H16Cl2N2S. The van der Waals surface area contributed by atoms with E-state index in [1.165, 1.54) is 16.9 Å². The maximum atomic E-state index is 6.29. The number of aryl methyl sites for hydroxylation is 1.